The molecular formula is C11H10ClN3O. The van der Waals surface area contributed by atoms with Crippen LogP contribution in [0.25, 0.3) is 11.0 Å². The van der Waals surface area contributed by atoms with Crippen molar-refractivity contribution in [2.45, 2.75) is 18.6 Å². The van der Waals surface area contributed by atoms with Crippen molar-refractivity contribution in [2.75, 3.05) is 0 Å². The standard InChI is InChI=1S/C11H10ClN3O/c12-10-9-3-4-15(11(9)14-6-13-10)7-1-2-8(16)5-7/h1-4,6-8,16H,5H2/t7-,8-/m0/s1. The number of nitrogens with zero attached hydrogens (tertiary/aromatic N) is 3. The summed E-state index contributed by atoms with van der Waals surface area (Å²) in [6, 6.07) is 2.05. The van der Waals surface area contributed by atoms with Gasteiger partial charge in [0.15, 0.2) is 0 Å². The first-order chi connectivity index (χ1) is 7.75. The number of aromatic nitrogens is 3. The van der Waals surface area contributed by atoms with Crippen molar-refractivity contribution in [3.8, 4) is 0 Å². The highest BCUT2D eigenvalue weighted by Crippen LogP contribution is 2.28. The number of hydrogen-bond acceptors (Lipinski definition) is 3. The largest absolute Gasteiger partial charge is 0.389 e. The predicted octanol–water partition coefficient (Wildman–Crippen LogP) is 1.95. The lowest BCUT2D eigenvalue weighted by Crippen LogP contribution is -2.07. The Labute approximate surface area is 97.2 Å². The van der Waals surface area contributed by atoms with Gasteiger partial charge in [0.05, 0.1) is 17.5 Å². The van der Waals surface area contributed by atoms with Crippen molar-refractivity contribution in [3.05, 3.63) is 35.9 Å². The summed E-state index contributed by atoms with van der Waals surface area (Å²) in [5, 5.41) is 10.8. The van der Waals surface area contributed by atoms with Crippen LogP contribution in [-0.4, -0.2) is 25.7 Å². The van der Waals surface area contributed by atoms with Crippen molar-refractivity contribution in [3.63, 3.8) is 0 Å². The minimum absolute atomic E-state index is 0.151. The summed E-state index contributed by atoms with van der Waals surface area (Å²) in [6.07, 6.45) is 7.50. The summed E-state index contributed by atoms with van der Waals surface area (Å²) < 4.78 is 2.01. The molecule has 16 heavy (non-hydrogen) atoms. The summed E-state index contributed by atoms with van der Waals surface area (Å²) in [5.41, 5.74) is 0.809. The van der Waals surface area contributed by atoms with E-state index in [1.54, 1.807) is 6.08 Å². The van der Waals surface area contributed by atoms with E-state index in [2.05, 4.69) is 9.97 Å². The SMILES string of the molecule is O[C@H]1C=C[C@H](n2ccc3c(Cl)ncnc32)C1. The fourth-order valence-electron chi connectivity index (χ4n) is 2.08. The fraction of sp³-hybridized carbons (Fsp3) is 0.273. The van der Waals surface area contributed by atoms with Crippen LogP contribution in [0, 0.1) is 0 Å². The maximum Gasteiger partial charge on any atom is 0.145 e. The Kier molecular flexibility index (Phi) is 2.19. The van der Waals surface area contributed by atoms with Gasteiger partial charge in [-0.05, 0) is 6.07 Å². The maximum absolute atomic E-state index is 9.47. The van der Waals surface area contributed by atoms with E-state index >= 15 is 0 Å². The highest BCUT2D eigenvalue weighted by Gasteiger charge is 2.20. The Morgan fingerprint density at radius 1 is 1.38 bits per heavy atom. The molecule has 1 aliphatic carbocycles. The zero-order chi connectivity index (χ0) is 11.1. The van der Waals surface area contributed by atoms with Gasteiger partial charge in [0.1, 0.15) is 17.1 Å². The second-order valence-electron chi connectivity index (χ2n) is 3.88. The van der Waals surface area contributed by atoms with Crippen LogP contribution in [0.2, 0.25) is 5.15 Å². The summed E-state index contributed by atoms with van der Waals surface area (Å²) >= 11 is 5.97. The van der Waals surface area contributed by atoms with E-state index in [4.69, 9.17) is 11.6 Å². The highest BCUT2D eigenvalue weighted by atomic mass is 35.5. The van der Waals surface area contributed by atoms with Crippen molar-refractivity contribution in [1.29, 1.82) is 0 Å². The Hall–Kier alpha value is -1.39. The van der Waals surface area contributed by atoms with E-state index < -0.39 is 0 Å². The molecule has 2 heterocycles. The molecule has 2 aromatic rings. The topological polar surface area (TPSA) is 50.9 Å². The van der Waals surface area contributed by atoms with Crippen LogP contribution in [0.1, 0.15) is 12.5 Å². The average molecular weight is 236 g/mol. The van der Waals surface area contributed by atoms with E-state index in [0.29, 0.717) is 11.6 Å². The summed E-state index contributed by atoms with van der Waals surface area (Å²) in [5.74, 6) is 0. The van der Waals surface area contributed by atoms with Crippen LogP contribution < -0.4 is 0 Å². The first kappa shape index (κ1) is 9.81. The molecule has 0 aromatic carbocycles. The lowest BCUT2D eigenvalue weighted by atomic mass is 10.2. The minimum atomic E-state index is -0.361. The Morgan fingerprint density at radius 2 is 2.25 bits per heavy atom. The number of aliphatic hydroxyl groups excluding tert-OH is 1. The third-order valence-electron chi connectivity index (χ3n) is 2.86. The Bertz CT molecular complexity index is 563. The first-order valence-corrected chi connectivity index (χ1v) is 5.47. The Morgan fingerprint density at radius 3 is 3.00 bits per heavy atom. The molecule has 3 rings (SSSR count). The third kappa shape index (κ3) is 1.42. The van der Waals surface area contributed by atoms with Crippen molar-refractivity contribution >= 4 is 22.6 Å². The molecule has 2 aromatic heterocycles. The van der Waals surface area contributed by atoms with Crippen molar-refractivity contribution in [2.24, 2.45) is 0 Å². The van der Waals surface area contributed by atoms with E-state index in [9.17, 15) is 5.11 Å². The zero-order valence-electron chi connectivity index (χ0n) is 8.42. The van der Waals surface area contributed by atoms with Crippen LogP contribution in [0.5, 0.6) is 0 Å². The Balaban J connectivity index is 2.12. The van der Waals surface area contributed by atoms with Gasteiger partial charge in [-0.3, -0.25) is 0 Å². The quantitative estimate of drug-likeness (QED) is 0.607. The van der Waals surface area contributed by atoms with Crippen LogP contribution in [-0.2, 0) is 0 Å². The molecule has 4 nitrogen and oxygen atoms in total. The smallest absolute Gasteiger partial charge is 0.145 e. The van der Waals surface area contributed by atoms with Gasteiger partial charge in [-0.15, -0.1) is 0 Å². The number of allylic oxidation sites excluding steroid dienone is 1. The molecule has 0 bridgehead atoms. The highest BCUT2D eigenvalue weighted by molar-refractivity contribution is 6.33. The second kappa shape index (κ2) is 3.57. The number of halogens is 1. The molecule has 0 spiro atoms. The molecule has 5 heteroatoms. The van der Waals surface area contributed by atoms with Crippen molar-refractivity contribution in [1.82, 2.24) is 14.5 Å². The number of aliphatic hydroxyl groups is 1. The third-order valence-corrected chi connectivity index (χ3v) is 3.16. The van der Waals surface area contributed by atoms with E-state index in [1.165, 1.54) is 6.33 Å². The van der Waals surface area contributed by atoms with Gasteiger partial charge < -0.3 is 9.67 Å². The van der Waals surface area contributed by atoms with Gasteiger partial charge in [0, 0.05) is 12.6 Å². The molecule has 0 saturated heterocycles. The molecule has 0 unspecified atom stereocenters. The van der Waals surface area contributed by atoms with E-state index in [1.807, 2.05) is 22.9 Å². The molecule has 1 aliphatic rings. The number of fused-ring (bicyclic) bond motifs is 1. The van der Waals surface area contributed by atoms with Gasteiger partial charge >= 0.3 is 0 Å². The molecule has 0 amide bonds. The van der Waals surface area contributed by atoms with Crippen LogP contribution in [0.15, 0.2) is 30.7 Å². The number of rotatable bonds is 1. The van der Waals surface area contributed by atoms with Crippen LogP contribution >= 0.6 is 11.6 Å². The second-order valence-corrected chi connectivity index (χ2v) is 4.24. The van der Waals surface area contributed by atoms with Gasteiger partial charge in [-0.2, -0.15) is 0 Å². The first-order valence-electron chi connectivity index (χ1n) is 5.09. The van der Waals surface area contributed by atoms with Gasteiger partial charge in [0.25, 0.3) is 0 Å². The van der Waals surface area contributed by atoms with Crippen molar-refractivity contribution < 1.29 is 5.11 Å². The normalized spacial score (nSPS) is 24.4. The molecule has 0 radical (unpaired) electrons. The molecule has 2 atom stereocenters. The fourth-order valence-corrected chi connectivity index (χ4v) is 2.27. The maximum atomic E-state index is 9.47. The molecule has 0 saturated carbocycles. The van der Waals surface area contributed by atoms with Gasteiger partial charge in [-0.25, -0.2) is 9.97 Å². The van der Waals surface area contributed by atoms with E-state index in [0.717, 1.165) is 11.0 Å². The molecule has 0 fully saturated rings. The molecule has 1 N–H and O–H groups in total. The zero-order valence-corrected chi connectivity index (χ0v) is 9.17. The monoisotopic (exact) mass is 235 g/mol. The predicted molar refractivity (Wildman–Crippen MR) is 61.3 cm³/mol. The lowest BCUT2D eigenvalue weighted by Gasteiger charge is -2.11. The molecule has 82 valence electrons. The lowest BCUT2D eigenvalue weighted by molar-refractivity contribution is 0.211. The minimum Gasteiger partial charge on any atom is -0.389 e. The van der Waals surface area contributed by atoms with Crippen LogP contribution in [0.4, 0.5) is 0 Å². The average Bonchev–Trinajstić information content (AvgIpc) is 2.84. The van der Waals surface area contributed by atoms with Crippen LogP contribution in [0.3, 0.4) is 0 Å². The van der Waals surface area contributed by atoms with Gasteiger partial charge in [-0.1, -0.05) is 23.8 Å². The summed E-state index contributed by atoms with van der Waals surface area (Å²) in [7, 11) is 0. The number of hydrogen-bond donors (Lipinski definition) is 1. The summed E-state index contributed by atoms with van der Waals surface area (Å²) in [6.45, 7) is 0. The summed E-state index contributed by atoms with van der Waals surface area (Å²) in [4.78, 5) is 8.16. The molecule has 0 aliphatic heterocycles. The van der Waals surface area contributed by atoms with Gasteiger partial charge in [0.2, 0.25) is 0 Å². The van der Waals surface area contributed by atoms with E-state index in [-0.39, 0.29) is 12.1 Å². The molecular weight excluding hydrogens is 226 g/mol.